The van der Waals surface area contributed by atoms with E-state index in [0.29, 0.717) is 61.4 Å². The van der Waals surface area contributed by atoms with Crippen LogP contribution < -0.4 is 0 Å². The summed E-state index contributed by atoms with van der Waals surface area (Å²) in [4.78, 5) is 70.2. The molecule has 6 rings (SSSR count). The van der Waals surface area contributed by atoms with Crippen LogP contribution in [-0.4, -0.2) is 126 Å². The smallest absolute Gasteiger partial charge is 0.309 e. The molecular formula is C50H82N2O11. The van der Waals surface area contributed by atoms with Crippen LogP contribution in [0.15, 0.2) is 0 Å². The normalized spacial score (nSPS) is 29.9. The second kappa shape index (κ2) is 25.8. The summed E-state index contributed by atoms with van der Waals surface area (Å²) in [6, 6.07) is 0. The summed E-state index contributed by atoms with van der Waals surface area (Å²) in [6.07, 6.45) is 20.7. The number of nitrogens with zero attached hydrogens (tertiary/aromatic N) is 2. The molecule has 358 valence electrons. The Morgan fingerprint density at radius 3 is 1.10 bits per heavy atom. The molecule has 0 amide bonds. The minimum Gasteiger partial charge on any atom is -0.461 e. The van der Waals surface area contributed by atoms with Gasteiger partial charge in [0.05, 0.1) is 24.4 Å². The van der Waals surface area contributed by atoms with Crippen molar-refractivity contribution < 1.29 is 52.4 Å². The summed E-state index contributed by atoms with van der Waals surface area (Å²) < 4.78 is 34.2. The second-order valence-electron chi connectivity index (χ2n) is 20.7. The molecule has 0 aromatic rings. The van der Waals surface area contributed by atoms with Gasteiger partial charge in [-0.15, -0.1) is 0 Å². The highest BCUT2D eigenvalue weighted by Crippen LogP contribution is 2.47. The molecule has 13 nitrogen and oxygen atoms in total. The molecule has 13 heteroatoms. The zero-order valence-electron chi connectivity index (χ0n) is 39.2. The lowest BCUT2D eigenvalue weighted by Crippen LogP contribution is -2.33. The van der Waals surface area contributed by atoms with Crippen LogP contribution in [0, 0.1) is 53.3 Å². The van der Waals surface area contributed by atoms with Gasteiger partial charge in [0, 0.05) is 20.0 Å². The molecule has 0 saturated heterocycles. The molecule has 0 aromatic carbocycles. The lowest BCUT2D eigenvalue weighted by molar-refractivity contribution is -0.169. The molecule has 7 atom stereocenters. The van der Waals surface area contributed by atoms with Crippen LogP contribution in [0.2, 0.25) is 0 Å². The topological polar surface area (TPSA) is 147 Å². The number of carbonyl (C=O) groups excluding carboxylic acids is 5. The van der Waals surface area contributed by atoms with Crippen LogP contribution in [0.25, 0.3) is 0 Å². The van der Waals surface area contributed by atoms with Crippen molar-refractivity contribution in [3.63, 3.8) is 0 Å². The van der Waals surface area contributed by atoms with Gasteiger partial charge in [-0.1, -0.05) is 77.0 Å². The number of hydrogen-bond donors (Lipinski definition) is 0. The molecule has 6 aliphatic rings. The van der Waals surface area contributed by atoms with E-state index in [4.69, 9.17) is 28.4 Å². The first-order valence-corrected chi connectivity index (χ1v) is 25.3. The minimum absolute atomic E-state index is 0.00849. The Balaban J connectivity index is 0.933. The van der Waals surface area contributed by atoms with Crippen LogP contribution >= 0.6 is 0 Å². The molecule has 0 aromatic heterocycles. The van der Waals surface area contributed by atoms with Crippen LogP contribution in [0.4, 0.5) is 0 Å². The Labute approximate surface area is 378 Å². The Morgan fingerprint density at radius 1 is 0.460 bits per heavy atom. The summed E-state index contributed by atoms with van der Waals surface area (Å²) >= 11 is 0. The molecule has 6 saturated carbocycles. The van der Waals surface area contributed by atoms with Gasteiger partial charge >= 0.3 is 29.8 Å². The number of methoxy groups -OCH3 is 1. The Hall–Kier alpha value is -2.77. The molecule has 0 aliphatic heterocycles. The quantitative estimate of drug-likeness (QED) is 0.0658. The van der Waals surface area contributed by atoms with Crippen molar-refractivity contribution in [3.05, 3.63) is 0 Å². The molecule has 6 fully saturated rings. The Bertz CT molecular complexity index is 1370. The van der Waals surface area contributed by atoms with Crippen LogP contribution in [0.1, 0.15) is 148 Å². The highest BCUT2D eigenvalue weighted by Gasteiger charge is 2.42. The number of carbonyl (C=O) groups is 5. The first-order chi connectivity index (χ1) is 30.5. The van der Waals surface area contributed by atoms with Gasteiger partial charge in [-0.05, 0) is 134 Å². The van der Waals surface area contributed by atoms with E-state index in [0.717, 1.165) is 58.0 Å². The van der Waals surface area contributed by atoms with Crippen LogP contribution in [-0.2, 0) is 52.4 Å². The fraction of sp³-hybridized carbons (Fsp3) is 0.900. The predicted molar refractivity (Wildman–Crippen MR) is 237 cm³/mol. The summed E-state index contributed by atoms with van der Waals surface area (Å²) in [5.74, 6) is 1.91. The van der Waals surface area contributed by atoms with Gasteiger partial charge in [0.25, 0.3) is 0 Å². The zero-order valence-corrected chi connectivity index (χ0v) is 39.2. The van der Waals surface area contributed by atoms with Gasteiger partial charge in [0.15, 0.2) is 12.2 Å². The van der Waals surface area contributed by atoms with Gasteiger partial charge in [-0.25, -0.2) is 0 Å². The zero-order chi connectivity index (χ0) is 44.6. The van der Waals surface area contributed by atoms with E-state index in [-0.39, 0.29) is 80.9 Å². The molecule has 0 radical (unpaired) electrons. The fourth-order valence-corrected chi connectivity index (χ4v) is 12.4. The number of ether oxygens (including phenoxy) is 6. The van der Waals surface area contributed by atoms with Crippen molar-refractivity contribution in [2.75, 3.05) is 73.8 Å². The molecule has 0 N–H and O–H groups in total. The minimum atomic E-state index is -0.864. The third-order valence-electron chi connectivity index (χ3n) is 15.7. The lowest BCUT2D eigenvalue weighted by atomic mass is 9.82. The third kappa shape index (κ3) is 16.0. The molecular weight excluding hydrogens is 805 g/mol. The van der Waals surface area contributed by atoms with Gasteiger partial charge in [0.1, 0.15) is 19.8 Å². The standard InChI is InChI=1S/C50H82N2O11/c1-51(2)21-12-24-52(22-10-19-46(53)62-44(31-58-3)32-59-48(55)41-25-35-13-4-5-14-36(35)26-41)23-11-20-47(54)63-45(33-60-49(56)42-27-37-15-6-7-16-38(37)28-42)34-61-50(57)43-29-39-17-8-9-18-40(39)30-43/h35-45H,4-34H2,1-3H3. The highest BCUT2D eigenvalue weighted by molar-refractivity contribution is 5.74. The molecule has 0 bridgehead atoms. The maximum absolute atomic E-state index is 13.3. The van der Waals surface area contributed by atoms with E-state index >= 15 is 0 Å². The van der Waals surface area contributed by atoms with E-state index in [9.17, 15) is 24.0 Å². The lowest BCUT2D eigenvalue weighted by Gasteiger charge is -2.24. The van der Waals surface area contributed by atoms with Crippen molar-refractivity contribution in [1.29, 1.82) is 0 Å². The molecule has 0 heterocycles. The SMILES string of the molecule is COCC(COC(=O)C1CC2CCCCC2C1)OC(=O)CCCN(CCCC(=O)OC(COC(=O)C1CC2CCCCC2C1)COC(=O)C1CC2CCCCC2C1)CCCN(C)C. The molecule has 7 unspecified atom stereocenters. The van der Waals surface area contributed by atoms with E-state index in [2.05, 4.69) is 9.80 Å². The largest absolute Gasteiger partial charge is 0.461 e. The highest BCUT2D eigenvalue weighted by atomic mass is 16.6. The predicted octanol–water partition coefficient (Wildman–Crippen LogP) is 7.55. The number of esters is 5. The van der Waals surface area contributed by atoms with Gasteiger partial charge in [0.2, 0.25) is 0 Å². The summed E-state index contributed by atoms with van der Waals surface area (Å²) in [7, 11) is 5.61. The Morgan fingerprint density at radius 2 is 0.778 bits per heavy atom. The van der Waals surface area contributed by atoms with Gasteiger partial charge in [-0.3, -0.25) is 24.0 Å². The van der Waals surface area contributed by atoms with E-state index in [1.807, 2.05) is 14.1 Å². The van der Waals surface area contributed by atoms with E-state index < -0.39 is 18.2 Å². The van der Waals surface area contributed by atoms with Crippen molar-refractivity contribution in [1.82, 2.24) is 9.80 Å². The van der Waals surface area contributed by atoms with Crippen molar-refractivity contribution >= 4 is 29.8 Å². The molecule has 0 spiro atoms. The summed E-state index contributed by atoms with van der Waals surface area (Å²) in [5.41, 5.74) is 0. The average molecular weight is 887 g/mol. The monoisotopic (exact) mass is 887 g/mol. The summed E-state index contributed by atoms with van der Waals surface area (Å²) in [5, 5.41) is 0. The summed E-state index contributed by atoms with van der Waals surface area (Å²) in [6.45, 7) is 2.87. The van der Waals surface area contributed by atoms with E-state index in [1.54, 1.807) is 7.11 Å². The number of rotatable bonds is 25. The maximum atomic E-state index is 13.3. The van der Waals surface area contributed by atoms with Crippen molar-refractivity contribution in [3.8, 4) is 0 Å². The van der Waals surface area contributed by atoms with Gasteiger partial charge < -0.3 is 38.2 Å². The van der Waals surface area contributed by atoms with Crippen molar-refractivity contribution in [2.24, 2.45) is 53.3 Å². The van der Waals surface area contributed by atoms with Gasteiger partial charge in [-0.2, -0.15) is 0 Å². The first-order valence-electron chi connectivity index (χ1n) is 25.3. The molecule has 6 aliphatic carbocycles. The third-order valence-corrected chi connectivity index (χ3v) is 15.7. The first kappa shape index (κ1) is 49.7. The number of fused-ring (bicyclic) bond motifs is 3. The second-order valence-corrected chi connectivity index (χ2v) is 20.7. The maximum Gasteiger partial charge on any atom is 0.309 e. The Kier molecular flexibility index (Phi) is 20.3. The number of hydrogen-bond acceptors (Lipinski definition) is 13. The van der Waals surface area contributed by atoms with Crippen LogP contribution in [0.3, 0.4) is 0 Å². The van der Waals surface area contributed by atoms with Crippen molar-refractivity contribution in [2.45, 2.75) is 160 Å². The fourth-order valence-electron chi connectivity index (χ4n) is 12.4. The average Bonchev–Trinajstić information content (AvgIpc) is 4.03. The molecule has 63 heavy (non-hydrogen) atoms. The van der Waals surface area contributed by atoms with Crippen LogP contribution in [0.5, 0.6) is 0 Å². The van der Waals surface area contributed by atoms with E-state index in [1.165, 1.54) is 77.0 Å².